The van der Waals surface area contributed by atoms with Gasteiger partial charge in [-0.25, -0.2) is 0 Å². The van der Waals surface area contributed by atoms with E-state index < -0.39 is 5.97 Å². The van der Waals surface area contributed by atoms with Crippen LogP contribution in [0.1, 0.15) is 84.5 Å². The van der Waals surface area contributed by atoms with E-state index in [9.17, 15) is 4.79 Å². The predicted molar refractivity (Wildman–Crippen MR) is 94.9 cm³/mol. The zero-order valence-corrected chi connectivity index (χ0v) is 15.3. The van der Waals surface area contributed by atoms with Gasteiger partial charge >= 0.3 is 5.97 Å². The maximum absolute atomic E-state index is 10.8. The Kier molecular flexibility index (Phi) is 11.3. The summed E-state index contributed by atoms with van der Waals surface area (Å²) in [6, 6.07) is 0.660. The van der Waals surface area contributed by atoms with Crippen LogP contribution in [-0.4, -0.2) is 47.8 Å². The molecule has 0 radical (unpaired) electrons. The van der Waals surface area contributed by atoms with Crippen LogP contribution in [0.5, 0.6) is 0 Å². The van der Waals surface area contributed by atoms with Crippen molar-refractivity contribution in [2.24, 2.45) is 0 Å². The van der Waals surface area contributed by atoms with E-state index >= 15 is 0 Å². The minimum atomic E-state index is -0.718. The summed E-state index contributed by atoms with van der Waals surface area (Å²) in [5, 5.41) is 8.85. The van der Waals surface area contributed by atoms with E-state index in [-0.39, 0.29) is 12.5 Å². The molecule has 0 saturated carbocycles. The Morgan fingerprint density at radius 2 is 1.83 bits per heavy atom. The van der Waals surface area contributed by atoms with Gasteiger partial charge in [0.15, 0.2) is 0 Å². The van der Waals surface area contributed by atoms with Gasteiger partial charge in [-0.15, -0.1) is 0 Å². The van der Waals surface area contributed by atoms with Crippen LogP contribution in [0.4, 0.5) is 0 Å². The first-order valence-corrected chi connectivity index (χ1v) is 9.74. The smallest absolute Gasteiger partial charge is 0.303 e. The SMILES string of the molecule is CCCCCCCC(CCCC)N1CCO[C@H](CCC(=O)O)C1. The second kappa shape index (κ2) is 12.8. The zero-order chi connectivity index (χ0) is 16.9. The van der Waals surface area contributed by atoms with Gasteiger partial charge in [-0.1, -0.05) is 58.8 Å². The molecule has 1 aliphatic rings. The second-order valence-corrected chi connectivity index (χ2v) is 6.92. The van der Waals surface area contributed by atoms with E-state index in [0.29, 0.717) is 12.5 Å². The van der Waals surface area contributed by atoms with E-state index in [1.165, 1.54) is 57.8 Å². The Balaban J connectivity index is 2.39. The maximum Gasteiger partial charge on any atom is 0.303 e. The van der Waals surface area contributed by atoms with Crippen LogP contribution >= 0.6 is 0 Å². The molecule has 0 spiro atoms. The molecule has 1 unspecified atom stereocenters. The van der Waals surface area contributed by atoms with Gasteiger partial charge in [0, 0.05) is 25.6 Å². The Labute approximate surface area is 142 Å². The van der Waals surface area contributed by atoms with Crippen LogP contribution in [0.2, 0.25) is 0 Å². The molecule has 1 heterocycles. The highest BCUT2D eigenvalue weighted by Gasteiger charge is 2.26. The number of aliphatic carboxylic acids is 1. The van der Waals surface area contributed by atoms with Crippen molar-refractivity contribution in [1.82, 2.24) is 4.90 Å². The molecule has 0 aromatic carbocycles. The van der Waals surface area contributed by atoms with Gasteiger partial charge in [-0.3, -0.25) is 9.69 Å². The van der Waals surface area contributed by atoms with Crippen molar-refractivity contribution in [3.63, 3.8) is 0 Å². The lowest BCUT2D eigenvalue weighted by Crippen LogP contribution is -2.47. The molecule has 0 amide bonds. The van der Waals surface area contributed by atoms with Gasteiger partial charge in [0.25, 0.3) is 0 Å². The third kappa shape index (κ3) is 9.31. The highest BCUT2D eigenvalue weighted by atomic mass is 16.5. The maximum atomic E-state index is 10.8. The standard InChI is InChI=1S/C19H37NO3/c1-3-5-7-8-9-11-17(10-6-4-2)20-14-15-23-18(16-20)12-13-19(21)22/h17-18H,3-16H2,1-2H3,(H,21,22)/t17?,18-/m1/s1. The van der Waals surface area contributed by atoms with Crippen LogP contribution in [0.3, 0.4) is 0 Å². The van der Waals surface area contributed by atoms with Crippen molar-refractivity contribution in [3.05, 3.63) is 0 Å². The van der Waals surface area contributed by atoms with Crippen molar-refractivity contribution in [2.45, 2.75) is 96.6 Å². The molecule has 1 fully saturated rings. The number of carboxylic acids is 1. The molecule has 0 aromatic heterocycles. The van der Waals surface area contributed by atoms with Crippen LogP contribution < -0.4 is 0 Å². The summed E-state index contributed by atoms with van der Waals surface area (Å²) >= 11 is 0. The fraction of sp³-hybridized carbons (Fsp3) is 0.947. The molecule has 0 aliphatic carbocycles. The minimum Gasteiger partial charge on any atom is -0.481 e. The largest absolute Gasteiger partial charge is 0.481 e. The molecular weight excluding hydrogens is 290 g/mol. The van der Waals surface area contributed by atoms with Crippen molar-refractivity contribution in [2.75, 3.05) is 19.7 Å². The molecule has 2 atom stereocenters. The predicted octanol–water partition coefficient (Wildman–Crippen LogP) is 4.47. The van der Waals surface area contributed by atoms with Gasteiger partial charge in [-0.05, 0) is 19.3 Å². The number of morpholine rings is 1. The molecule has 136 valence electrons. The normalized spacial score (nSPS) is 20.5. The third-order valence-electron chi connectivity index (χ3n) is 4.90. The molecule has 1 N–H and O–H groups in total. The molecule has 1 saturated heterocycles. The lowest BCUT2D eigenvalue weighted by molar-refractivity contribution is -0.138. The number of carbonyl (C=O) groups is 1. The second-order valence-electron chi connectivity index (χ2n) is 6.92. The Bertz CT molecular complexity index is 309. The highest BCUT2D eigenvalue weighted by molar-refractivity contribution is 5.66. The summed E-state index contributed by atoms with van der Waals surface area (Å²) in [6.07, 6.45) is 12.8. The van der Waals surface area contributed by atoms with Crippen LogP contribution in [0.15, 0.2) is 0 Å². The Morgan fingerprint density at radius 1 is 1.13 bits per heavy atom. The minimum absolute atomic E-state index is 0.101. The van der Waals surface area contributed by atoms with E-state index in [1.54, 1.807) is 0 Å². The van der Waals surface area contributed by atoms with E-state index in [4.69, 9.17) is 9.84 Å². The summed E-state index contributed by atoms with van der Waals surface area (Å²) < 4.78 is 5.77. The van der Waals surface area contributed by atoms with Crippen LogP contribution in [0.25, 0.3) is 0 Å². The summed E-state index contributed by atoms with van der Waals surface area (Å²) in [7, 11) is 0. The zero-order valence-electron chi connectivity index (χ0n) is 15.3. The molecule has 1 rings (SSSR count). The molecule has 4 heteroatoms. The highest BCUT2D eigenvalue weighted by Crippen LogP contribution is 2.21. The fourth-order valence-corrected chi connectivity index (χ4v) is 3.47. The fourth-order valence-electron chi connectivity index (χ4n) is 3.47. The number of ether oxygens (including phenoxy) is 1. The number of nitrogens with zero attached hydrogens (tertiary/aromatic N) is 1. The number of hydrogen-bond acceptors (Lipinski definition) is 3. The summed E-state index contributed by atoms with van der Waals surface area (Å²) in [5.74, 6) is -0.718. The first kappa shape index (κ1) is 20.4. The molecule has 4 nitrogen and oxygen atoms in total. The van der Waals surface area contributed by atoms with Gasteiger partial charge in [0.05, 0.1) is 12.7 Å². The number of unbranched alkanes of at least 4 members (excludes halogenated alkanes) is 5. The molecule has 0 bridgehead atoms. The van der Waals surface area contributed by atoms with E-state index in [0.717, 1.165) is 19.7 Å². The summed E-state index contributed by atoms with van der Waals surface area (Å²) in [4.78, 5) is 13.3. The number of carboxylic acid groups (broad SMARTS) is 1. The topological polar surface area (TPSA) is 49.8 Å². The van der Waals surface area contributed by atoms with Crippen molar-refractivity contribution in [3.8, 4) is 0 Å². The van der Waals surface area contributed by atoms with Crippen molar-refractivity contribution >= 4 is 5.97 Å². The van der Waals surface area contributed by atoms with Gasteiger partial charge in [0.2, 0.25) is 0 Å². The van der Waals surface area contributed by atoms with Crippen molar-refractivity contribution < 1.29 is 14.6 Å². The van der Waals surface area contributed by atoms with Gasteiger partial charge < -0.3 is 9.84 Å². The van der Waals surface area contributed by atoms with Crippen LogP contribution in [-0.2, 0) is 9.53 Å². The molecule has 0 aromatic rings. The molecule has 1 aliphatic heterocycles. The summed E-state index contributed by atoms with van der Waals surface area (Å²) in [6.45, 7) is 7.19. The van der Waals surface area contributed by atoms with Crippen molar-refractivity contribution in [1.29, 1.82) is 0 Å². The lowest BCUT2D eigenvalue weighted by atomic mass is 9.99. The van der Waals surface area contributed by atoms with Gasteiger partial charge in [0.1, 0.15) is 0 Å². The lowest BCUT2D eigenvalue weighted by Gasteiger charge is -2.38. The first-order valence-electron chi connectivity index (χ1n) is 9.74. The quantitative estimate of drug-likeness (QED) is 0.507. The average molecular weight is 328 g/mol. The van der Waals surface area contributed by atoms with E-state index in [1.807, 2.05) is 0 Å². The van der Waals surface area contributed by atoms with E-state index in [2.05, 4.69) is 18.7 Å². The average Bonchev–Trinajstić information content (AvgIpc) is 2.56. The Hall–Kier alpha value is -0.610. The van der Waals surface area contributed by atoms with Gasteiger partial charge in [-0.2, -0.15) is 0 Å². The monoisotopic (exact) mass is 327 g/mol. The summed E-state index contributed by atoms with van der Waals surface area (Å²) in [5.41, 5.74) is 0. The number of rotatable bonds is 13. The first-order chi connectivity index (χ1) is 11.2. The van der Waals surface area contributed by atoms with Crippen LogP contribution in [0, 0.1) is 0 Å². The Morgan fingerprint density at radius 3 is 2.52 bits per heavy atom. The third-order valence-corrected chi connectivity index (χ3v) is 4.90. The molecule has 23 heavy (non-hydrogen) atoms. The molecular formula is C19H37NO3. The number of hydrogen-bond donors (Lipinski definition) is 1.